The van der Waals surface area contributed by atoms with Crippen molar-refractivity contribution in [3.05, 3.63) is 29.7 Å². The maximum absolute atomic E-state index is 13.0. The first-order valence-electron chi connectivity index (χ1n) is 9.15. The van der Waals surface area contributed by atoms with Gasteiger partial charge in [-0.05, 0) is 12.1 Å². The number of nitrogens with zero attached hydrogens (tertiary/aromatic N) is 2. The lowest BCUT2D eigenvalue weighted by molar-refractivity contribution is 0.0791. The molecule has 0 saturated carbocycles. The highest BCUT2D eigenvalue weighted by atomic mass is 28.3. The number of anilines is 1. The van der Waals surface area contributed by atoms with Gasteiger partial charge in [-0.3, -0.25) is 4.79 Å². The molecule has 8 heteroatoms. The maximum Gasteiger partial charge on any atom is 0.260 e. The zero-order valence-corrected chi connectivity index (χ0v) is 17.4. The fraction of sp³-hybridized carbons (Fsp3) is 0.526. The molecule has 0 radical (unpaired) electrons. The van der Waals surface area contributed by atoms with Crippen molar-refractivity contribution >= 4 is 19.7 Å². The number of amides is 1. The van der Waals surface area contributed by atoms with Gasteiger partial charge in [-0.2, -0.15) is 0 Å². The van der Waals surface area contributed by atoms with Gasteiger partial charge in [-0.1, -0.05) is 19.6 Å². The van der Waals surface area contributed by atoms with Crippen LogP contribution in [0.5, 0.6) is 11.5 Å². The fourth-order valence-corrected chi connectivity index (χ4v) is 4.11. The number of fused-ring (bicyclic) bond motifs is 2. The van der Waals surface area contributed by atoms with Crippen LogP contribution in [-0.4, -0.2) is 62.1 Å². The van der Waals surface area contributed by atoms with Crippen LogP contribution in [0.15, 0.2) is 24.1 Å². The molecule has 0 fully saturated rings. The van der Waals surface area contributed by atoms with Crippen LogP contribution in [0, 0.1) is 0 Å². The van der Waals surface area contributed by atoms with Gasteiger partial charge in [0, 0.05) is 39.9 Å². The van der Waals surface area contributed by atoms with Crippen molar-refractivity contribution in [2.75, 3.05) is 31.9 Å². The number of phenolic OH excluding ortho intramolecular Hbond substituents is 1. The number of aliphatic hydroxyl groups excluding tert-OH is 1. The van der Waals surface area contributed by atoms with Crippen molar-refractivity contribution in [1.82, 2.24) is 4.90 Å². The molecule has 1 atom stereocenters. The molecule has 1 aromatic carbocycles. The molecule has 27 heavy (non-hydrogen) atoms. The molecule has 0 aromatic heterocycles. The number of phenols is 1. The fourth-order valence-electron chi connectivity index (χ4n) is 3.36. The number of aliphatic hydroxyl groups is 1. The van der Waals surface area contributed by atoms with Gasteiger partial charge in [0.2, 0.25) is 0 Å². The molecular weight excluding hydrogens is 364 g/mol. The van der Waals surface area contributed by atoms with E-state index in [-0.39, 0.29) is 29.2 Å². The van der Waals surface area contributed by atoms with E-state index in [9.17, 15) is 15.0 Å². The van der Waals surface area contributed by atoms with Crippen molar-refractivity contribution in [2.45, 2.75) is 38.1 Å². The van der Waals surface area contributed by atoms with Gasteiger partial charge in [-0.15, -0.1) is 0 Å². The van der Waals surface area contributed by atoms with Crippen molar-refractivity contribution in [1.29, 1.82) is 0 Å². The van der Waals surface area contributed by atoms with Crippen LogP contribution in [0.25, 0.3) is 0 Å². The van der Waals surface area contributed by atoms with Crippen molar-refractivity contribution in [2.24, 2.45) is 0 Å². The quantitative estimate of drug-likeness (QED) is 0.572. The Morgan fingerprint density at radius 3 is 2.67 bits per heavy atom. The van der Waals surface area contributed by atoms with Gasteiger partial charge in [-0.25, -0.2) is 0 Å². The van der Waals surface area contributed by atoms with E-state index in [4.69, 9.17) is 9.47 Å². The molecule has 1 aromatic rings. The van der Waals surface area contributed by atoms with Gasteiger partial charge in [0.25, 0.3) is 5.91 Å². The van der Waals surface area contributed by atoms with Gasteiger partial charge < -0.3 is 29.5 Å². The number of ether oxygens (including phenoxy) is 2. The molecule has 2 N–H and O–H groups in total. The van der Waals surface area contributed by atoms with Crippen molar-refractivity contribution in [3.63, 3.8) is 0 Å². The lowest BCUT2D eigenvalue weighted by Crippen LogP contribution is -2.39. The second-order valence-corrected chi connectivity index (χ2v) is 13.9. The topological polar surface area (TPSA) is 82.5 Å². The van der Waals surface area contributed by atoms with E-state index >= 15 is 0 Å². The number of carbonyl (C=O) groups excluding carboxylic acids is 1. The molecule has 0 aliphatic carbocycles. The van der Waals surface area contributed by atoms with Crippen LogP contribution in [0.4, 0.5) is 5.69 Å². The Hall–Kier alpha value is -2.19. The number of aromatic hydroxyl groups is 1. The van der Waals surface area contributed by atoms with E-state index in [1.807, 2.05) is 4.90 Å². The molecule has 3 rings (SSSR count). The third-order valence-electron chi connectivity index (χ3n) is 4.90. The Kier molecular flexibility index (Phi) is 5.39. The van der Waals surface area contributed by atoms with Crippen LogP contribution in [-0.2, 0) is 4.74 Å². The summed E-state index contributed by atoms with van der Waals surface area (Å²) < 4.78 is 11.1. The molecule has 2 aliphatic heterocycles. The maximum atomic E-state index is 13.0. The van der Waals surface area contributed by atoms with Gasteiger partial charge in [0.05, 0.1) is 24.4 Å². The predicted molar refractivity (Wildman–Crippen MR) is 106 cm³/mol. The van der Waals surface area contributed by atoms with Crippen LogP contribution < -0.4 is 9.64 Å². The van der Waals surface area contributed by atoms with E-state index < -0.39 is 8.07 Å². The van der Waals surface area contributed by atoms with E-state index in [1.165, 1.54) is 13.3 Å². The van der Waals surface area contributed by atoms with Crippen LogP contribution >= 0.6 is 0 Å². The number of hydrogen-bond donors (Lipinski definition) is 2. The minimum atomic E-state index is -1.19. The second-order valence-electron chi connectivity index (χ2n) is 8.30. The molecular formula is C19H28N2O5Si. The predicted octanol–water partition coefficient (Wildman–Crippen LogP) is 3.15. The summed E-state index contributed by atoms with van der Waals surface area (Å²) in [6.07, 6.45) is 1.90. The molecule has 2 aliphatic rings. The van der Waals surface area contributed by atoms with E-state index in [0.717, 1.165) is 6.04 Å². The van der Waals surface area contributed by atoms with E-state index in [1.54, 1.807) is 17.0 Å². The summed E-state index contributed by atoms with van der Waals surface area (Å²) in [5, 5.41) is 20.1. The Bertz CT molecular complexity index is 759. The molecule has 0 unspecified atom stereocenters. The normalized spacial score (nSPS) is 19.5. The highest BCUT2D eigenvalue weighted by molar-refractivity contribution is 6.76. The summed E-state index contributed by atoms with van der Waals surface area (Å²) in [7, 11) is 0.256. The Balaban J connectivity index is 1.89. The molecule has 1 amide bonds. The first-order chi connectivity index (χ1) is 12.7. The third-order valence-corrected chi connectivity index (χ3v) is 6.61. The summed E-state index contributed by atoms with van der Waals surface area (Å²) in [5.41, 5.74) is 1.04. The molecule has 0 saturated heterocycles. The highest BCUT2D eigenvalue weighted by Gasteiger charge is 2.37. The average molecular weight is 393 g/mol. The Morgan fingerprint density at radius 1 is 1.26 bits per heavy atom. The summed E-state index contributed by atoms with van der Waals surface area (Å²) >= 11 is 0. The summed E-state index contributed by atoms with van der Waals surface area (Å²) in [5.74, 6) is 0.202. The smallest absolute Gasteiger partial charge is 0.260 e. The van der Waals surface area contributed by atoms with Crippen molar-refractivity contribution < 1.29 is 24.5 Å². The number of benzene rings is 1. The molecule has 7 nitrogen and oxygen atoms in total. The zero-order valence-electron chi connectivity index (χ0n) is 16.4. The van der Waals surface area contributed by atoms with Gasteiger partial charge in [0.15, 0.2) is 11.5 Å². The van der Waals surface area contributed by atoms with Crippen molar-refractivity contribution in [3.8, 4) is 11.5 Å². The van der Waals surface area contributed by atoms with Gasteiger partial charge in [0.1, 0.15) is 12.5 Å². The first kappa shape index (κ1) is 19.6. The molecule has 0 spiro atoms. The Morgan fingerprint density at radius 2 is 2.00 bits per heavy atom. The number of methoxy groups -OCH3 is 1. The molecule has 2 heterocycles. The van der Waals surface area contributed by atoms with Crippen LogP contribution in [0.2, 0.25) is 25.7 Å². The third kappa shape index (κ3) is 4.22. The molecule has 148 valence electrons. The SMILES string of the molecule is COc1cc2c(cc1O)N(COCC[Si](C)(C)C)C[C@@H]1CC(O)=CN1C2=O. The standard InChI is InChI=1S/C19H28N2O5Si/c1-25-18-8-15-16(9-17(18)23)20(12-26-5-6-27(2,3)4)10-13-7-14(22)11-21(13)19(15)24/h8-9,11,13,22-23H,5-7,10,12H2,1-4H3/t13-/m0/s1. The number of carbonyl (C=O) groups is 1. The lowest BCUT2D eigenvalue weighted by Gasteiger charge is -2.28. The summed E-state index contributed by atoms with van der Waals surface area (Å²) in [6, 6.07) is 3.99. The van der Waals surface area contributed by atoms with E-state index in [2.05, 4.69) is 19.6 Å². The zero-order chi connectivity index (χ0) is 19.8. The number of rotatable bonds is 6. The Labute approximate surface area is 160 Å². The first-order valence-corrected chi connectivity index (χ1v) is 12.9. The van der Waals surface area contributed by atoms with Crippen LogP contribution in [0.1, 0.15) is 16.8 Å². The minimum absolute atomic E-state index is 0.0170. The monoisotopic (exact) mass is 392 g/mol. The minimum Gasteiger partial charge on any atom is -0.511 e. The molecule has 0 bridgehead atoms. The lowest BCUT2D eigenvalue weighted by atomic mass is 10.1. The van der Waals surface area contributed by atoms with Gasteiger partial charge >= 0.3 is 0 Å². The summed E-state index contributed by atoms with van der Waals surface area (Å²) in [6.45, 7) is 8.39. The van der Waals surface area contributed by atoms with Crippen LogP contribution in [0.3, 0.4) is 0 Å². The largest absolute Gasteiger partial charge is 0.511 e. The second kappa shape index (κ2) is 7.44. The number of hydrogen-bond acceptors (Lipinski definition) is 6. The summed E-state index contributed by atoms with van der Waals surface area (Å²) in [4.78, 5) is 16.5. The highest BCUT2D eigenvalue weighted by Crippen LogP contribution is 2.39. The van der Waals surface area contributed by atoms with E-state index in [0.29, 0.717) is 37.6 Å². The average Bonchev–Trinajstić information content (AvgIpc) is 2.92.